The minimum Gasteiger partial charge on any atom is -0.493 e. The second-order valence-electron chi connectivity index (χ2n) is 8.87. The Labute approximate surface area is 222 Å². The van der Waals surface area contributed by atoms with Gasteiger partial charge in [0.05, 0.1) is 37.6 Å². The Morgan fingerprint density at radius 2 is 1.71 bits per heavy atom. The number of allylic oxidation sites excluding steroid dienone is 3. The van der Waals surface area contributed by atoms with Gasteiger partial charge in [0.2, 0.25) is 5.75 Å². The molecule has 0 saturated carbocycles. The number of hydrogen-bond acceptors (Lipinski definition) is 6. The topological polar surface area (TPSA) is 85.9 Å². The number of ether oxygens (including phenoxy) is 3. The molecule has 0 bridgehead atoms. The summed E-state index contributed by atoms with van der Waals surface area (Å²) in [4.78, 5) is 26.9. The molecule has 1 aliphatic heterocycles. The van der Waals surface area contributed by atoms with Gasteiger partial charge in [-0.05, 0) is 55.7 Å². The molecule has 202 valence electrons. The fraction of sp³-hybridized carbons (Fsp3) is 0.333. The third kappa shape index (κ3) is 5.05. The average molecular weight is 551 g/mol. The molecule has 2 aliphatic rings. The lowest BCUT2D eigenvalue weighted by Gasteiger charge is -2.35. The van der Waals surface area contributed by atoms with Crippen molar-refractivity contribution >= 4 is 29.0 Å². The van der Waals surface area contributed by atoms with Crippen LogP contribution in [0.1, 0.15) is 43.2 Å². The molecule has 2 aromatic rings. The summed E-state index contributed by atoms with van der Waals surface area (Å²) in [6.45, 7) is 1.68. The van der Waals surface area contributed by atoms with E-state index in [9.17, 15) is 22.8 Å². The largest absolute Gasteiger partial charge is 0.493 e. The first-order valence-corrected chi connectivity index (χ1v) is 12.1. The average Bonchev–Trinajstić information content (AvgIpc) is 2.87. The van der Waals surface area contributed by atoms with E-state index in [1.807, 2.05) is 0 Å². The van der Waals surface area contributed by atoms with Gasteiger partial charge in [-0.15, -0.1) is 0 Å². The Hall–Kier alpha value is -3.66. The van der Waals surface area contributed by atoms with Crippen LogP contribution in [0.25, 0.3) is 0 Å². The summed E-state index contributed by atoms with van der Waals surface area (Å²) >= 11 is 6.14. The standard InChI is InChI=1S/C27H26ClF3N2O5/c1-13-22(26(35)33-18-12-15(27(29,30)31)8-9-16(18)28)23(24-17(32-13)6-5-7-19(24)34)14-10-20(36-2)25(38-4)21(11-14)37-3/h8-12,23,32H,5-7H2,1-4H3,(H,33,35)/t23-/m0/s1. The number of benzene rings is 2. The molecule has 0 spiro atoms. The number of dihydropyridines is 1. The number of halogens is 4. The van der Waals surface area contributed by atoms with Crippen molar-refractivity contribution in [3.63, 3.8) is 0 Å². The summed E-state index contributed by atoms with van der Waals surface area (Å²) in [6, 6.07) is 5.99. The first kappa shape index (κ1) is 27.4. The number of nitrogens with one attached hydrogen (secondary N) is 2. The van der Waals surface area contributed by atoms with E-state index in [1.54, 1.807) is 19.1 Å². The maximum absolute atomic E-state index is 13.7. The van der Waals surface area contributed by atoms with Gasteiger partial charge in [-0.3, -0.25) is 9.59 Å². The van der Waals surface area contributed by atoms with E-state index >= 15 is 0 Å². The highest BCUT2D eigenvalue weighted by molar-refractivity contribution is 6.34. The molecular weight excluding hydrogens is 525 g/mol. The normalized spacial score (nSPS) is 17.6. The van der Waals surface area contributed by atoms with Crippen LogP contribution in [0.2, 0.25) is 5.02 Å². The zero-order valence-corrected chi connectivity index (χ0v) is 21.9. The molecule has 11 heteroatoms. The number of ketones is 1. The molecule has 0 radical (unpaired) electrons. The summed E-state index contributed by atoms with van der Waals surface area (Å²) in [6.07, 6.45) is -3.07. The zero-order chi connectivity index (χ0) is 27.8. The molecule has 1 aliphatic carbocycles. The van der Waals surface area contributed by atoms with E-state index in [-0.39, 0.29) is 22.1 Å². The van der Waals surface area contributed by atoms with E-state index in [1.165, 1.54) is 21.3 Å². The fourth-order valence-electron chi connectivity index (χ4n) is 4.87. The highest BCUT2D eigenvalue weighted by atomic mass is 35.5. The molecule has 2 N–H and O–H groups in total. The monoisotopic (exact) mass is 550 g/mol. The lowest BCUT2D eigenvalue weighted by molar-refractivity contribution is -0.137. The quantitative estimate of drug-likeness (QED) is 0.459. The number of hydrogen-bond donors (Lipinski definition) is 2. The van der Waals surface area contributed by atoms with Crippen LogP contribution in [-0.2, 0) is 15.8 Å². The molecule has 4 rings (SSSR count). The van der Waals surface area contributed by atoms with E-state index in [4.69, 9.17) is 25.8 Å². The van der Waals surface area contributed by atoms with Crippen molar-refractivity contribution in [3.8, 4) is 17.2 Å². The molecule has 0 saturated heterocycles. The van der Waals surface area contributed by atoms with Gasteiger partial charge in [0, 0.05) is 34.9 Å². The van der Waals surface area contributed by atoms with Crippen LogP contribution >= 0.6 is 11.6 Å². The number of anilines is 1. The summed E-state index contributed by atoms with van der Waals surface area (Å²) in [5.41, 5.74) is 1.08. The van der Waals surface area contributed by atoms with Crippen molar-refractivity contribution in [2.45, 2.75) is 38.3 Å². The van der Waals surface area contributed by atoms with Crippen molar-refractivity contribution in [1.82, 2.24) is 5.32 Å². The van der Waals surface area contributed by atoms with Gasteiger partial charge >= 0.3 is 6.18 Å². The summed E-state index contributed by atoms with van der Waals surface area (Å²) in [5, 5.41) is 5.63. The lowest BCUT2D eigenvalue weighted by Crippen LogP contribution is -2.35. The Balaban J connectivity index is 1.86. The Bertz CT molecular complexity index is 1340. The maximum atomic E-state index is 13.7. The van der Waals surface area contributed by atoms with Crippen LogP contribution in [0.15, 0.2) is 52.9 Å². The van der Waals surface area contributed by atoms with Crippen LogP contribution in [0.4, 0.5) is 18.9 Å². The first-order valence-electron chi connectivity index (χ1n) is 11.7. The highest BCUT2D eigenvalue weighted by Crippen LogP contribution is 2.47. The Morgan fingerprint density at radius 1 is 1.05 bits per heavy atom. The highest BCUT2D eigenvalue weighted by Gasteiger charge is 2.40. The van der Waals surface area contributed by atoms with Gasteiger partial charge in [-0.1, -0.05) is 11.6 Å². The second-order valence-corrected chi connectivity index (χ2v) is 9.28. The molecule has 7 nitrogen and oxygen atoms in total. The van der Waals surface area contributed by atoms with Gasteiger partial charge in [-0.2, -0.15) is 13.2 Å². The number of carbonyl (C=O) groups is 2. The molecule has 2 aromatic carbocycles. The van der Waals surface area contributed by atoms with Gasteiger partial charge in [0.25, 0.3) is 5.91 Å². The number of rotatable bonds is 6. The van der Waals surface area contributed by atoms with Crippen LogP contribution in [0, 0.1) is 0 Å². The number of Topliss-reactive ketones (excluding diaryl/α,β-unsaturated/α-hetero) is 1. The second kappa shape index (κ2) is 10.6. The molecule has 1 heterocycles. The van der Waals surface area contributed by atoms with Crippen molar-refractivity contribution in [1.29, 1.82) is 0 Å². The number of alkyl halides is 3. The van der Waals surface area contributed by atoms with Crippen molar-refractivity contribution in [2.24, 2.45) is 0 Å². The summed E-state index contributed by atoms with van der Waals surface area (Å²) in [5.74, 6) is -0.711. The van der Waals surface area contributed by atoms with Gasteiger partial charge < -0.3 is 24.8 Å². The van der Waals surface area contributed by atoms with Gasteiger partial charge in [0.15, 0.2) is 17.3 Å². The summed E-state index contributed by atoms with van der Waals surface area (Å²) < 4.78 is 56.3. The number of amides is 1. The molecule has 1 amide bonds. The predicted molar refractivity (Wildman–Crippen MR) is 136 cm³/mol. The maximum Gasteiger partial charge on any atom is 0.416 e. The van der Waals surface area contributed by atoms with Crippen molar-refractivity contribution in [2.75, 3.05) is 26.6 Å². The van der Waals surface area contributed by atoms with Crippen LogP contribution in [0.5, 0.6) is 17.2 Å². The molecule has 0 unspecified atom stereocenters. The molecule has 0 fully saturated rings. The van der Waals surface area contributed by atoms with Crippen LogP contribution in [-0.4, -0.2) is 33.0 Å². The number of methoxy groups -OCH3 is 3. The fourth-order valence-corrected chi connectivity index (χ4v) is 5.04. The SMILES string of the molecule is COc1cc([C@H]2C(C(=O)Nc3cc(C(F)(F)F)ccc3Cl)=C(C)NC3=C2C(=O)CCC3)cc(OC)c1OC. The van der Waals surface area contributed by atoms with E-state index in [0.29, 0.717) is 59.0 Å². The van der Waals surface area contributed by atoms with Crippen LogP contribution < -0.4 is 24.8 Å². The van der Waals surface area contributed by atoms with Gasteiger partial charge in [0.1, 0.15) is 0 Å². The molecule has 0 aromatic heterocycles. The van der Waals surface area contributed by atoms with Crippen molar-refractivity contribution in [3.05, 3.63) is 69.0 Å². The van der Waals surface area contributed by atoms with E-state index < -0.39 is 23.6 Å². The smallest absolute Gasteiger partial charge is 0.416 e. The van der Waals surface area contributed by atoms with Crippen molar-refractivity contribution < 1.29 is 37.0 Å². The number of carbonyl (C=O) groups excluding carboxylic acids is 2. The molecule has 1 atom stereocenters. The Morgan fingerprint density at radius 3 is 2.29 bits per heavy atom. The van der Waals surface area contributed by atoms with Crippen LogP contribution in [0.3, 0.4) is 0 Å². The third-order valence-corrected chi connectivity index (χ3v) is 6.91. The summed E-state index contributed by atoms with van der Waals surface area (Å²) in [7, 11) is 4.35. The zero-order valence-electron chi connectivity index (χ0n) is 21.1. The minimum absolute atomic E-state index is 0.0636. The third-order valence-electron chi connectivity index (χ3n) is 6.58. The van der Waals surface area contributed by atoms with E-state index in [0.717, 1.165) is 18.2 Å². The minimum atomic E-state index is -4.63. The first-order chi connectivity index (χ1) is 18.0. The molecular formula is C27H26ClF3N2O5. The lowest BCUT2D eigenvalue weighted by atomic mass is 9.75. The predicted octanol–water partition coefficient (Wildman–Crippen LogP) is 5.99. The molecule has 38 heavy (non-hydrogen) atoms. The van der Waals surface area contributed by atoms with Gasteiger partial charge in [-0.25, -0.2) is 0 Å². The van der Waals surface area contributed by atoms with E-state index in [2.05, 4.69) is 10.6 Å². The Kier molecular flexibility index (Phi) is 7.64.